The summed E-state index contributed by atoms with van der Waals surface area (Å²) in [5.41, 5.74) is 3.25. The Hall–Kier alpha value is -2.18. The lowest BCUT2D eigenvalue weighted by Crippen LogP contribution is -2.28. The summed E-state index contributed by atoms with van der Waals surface area (Å²) in [6.07, 6.45) is 0.787. The zero-order valence-electron chi connectivity index (χ0n) is 14.5. The molecule has 0 spiro atoms. The third kappa shape index (κ3) is 2.96. The molecule has 0 radical (unpaired) electrons. The van der Waals surface area contributed by atoms with Gasteiger partial charge in [-0.15, -0.1) is 11.3 Å². The minimum absolute atomic E-state index is 0.109. The molecule has 0 amide bonds. The van der Waals surface area contributed by atoms with Crippen molar-refractivity contribution in [3.05, 3.63) is 57.0 Å². The van der Waals surface area contributed by atoms with Gasteiger partial charge < -0.3 is 4.74 Å². The van der Waals surface area contributed by atoms with Gasteiger partial charge >= 0.3 is 0 Å². The van der Waals surface area contributed by atoms with Crippen LogP contribution in [0.3, 0.4) is 0 Å². The standard InChI is InChI=1S/C19H21N3O2S/c1-13-12-25-18-17(13)20-16-7-8-21(9-10-22(16)19(18)23)11-14-5-3-4-6-15(14)24-2/h3-6,12H,7-11H2,1-2H3. The fourth-order valence-electron chi connectivity index (χ4n) is 3.42. The highest BCUT2D eigenvalue weighted by Gasteiger charge is 2.19. The largest absolute Gasteiger partial charge is 0.496 e. The van der Waals surface area contributed by atoms with Crippen LogP contribution in [-0.2, 0) is 19.5 Å². The van der Waals surface area contributed by atoms with E-state index >= 15 is 0 Å². The Morgan fingerprint density at radius 1 is 1.24 bits per heavy atom. The van der Waals surface area contributed by atoms with Crippen molar-refractivity contribution in [2.45, 2.75) is 26.4 Å². The maximum atomic E-state index is 12.8. The fourth-order valence-corrected chi connectivity index (χ4v) is 4.36. The second kappa shape index (κ2) is 6.61. The van der Waals surface area contributed by atoms with Gasteiger partial charge in [0.1, 0.15) is 16.3 Å². The number of benzene rings is 1. The molecule has 0 aliphatic carbocycles. The van der Waals surface area contributed by atoms with Gasteiger partial charge in [-0.3, -0.25) is 14.3 Å². The van der Waals surface area contributed by atoms with Crippen molar-refractivity contribution in [1.29, 1.82) is 0 Å². The molecule has 4 rings (SSSR count). The molecule has 0 bridgehead atoms. The van der Waals surface area contributed by atoms with Crippen LogP contribution in [0.4, 0.5) is 0 Å². The van der Waals surface area contributed by atoms with E-state index in [9.17, 15) is 4.79 Å². The van der Waals surface area contributed by atoms with Gasteiger partial charge in [0.25, 0.3) is 5.56 Å². The molecule has 25 heavy (non-hydrogen) atoms. The van der Waals surface area contributed by atoms with E-state index in [0.717, 1.165) is 53.4 Å². The van der Waals surface area contributed by atoms with Crippen molar-refractivity contribution in [3.8, 4) is 5.75 Å². The quantitative estimate of drug-likeness (QED) is 0.725. The number of fused-ring (bicyclic) bond motifs is 2. The molecule has 3 heterocycles. The molecule has 130 valence electrons. The number of aryl methyl sites for hydroxylation is 1. The second-order valence-corrected chi connectivity index (χ2v) is 7.30. The number of hydrogen-bond donors (Lipinski definition) is 0. The number of ether oxygens (including phenoxy) is 1. The van der Waals surface area contributed by atoms with Gasteiger partial charge in [-0.2, -0.15) is 0 Å². The average molecular weight is 355 g/mol. The Kier molecular flexibility index (Phi) is 4.31. The van der Waals surface area contributed by atoms with Crippen molar-refractivity contribution in [1.82, 2.24) is 14.5 Å². The van der Waals surface area contributed by atoms with Gasteiger partial charge in [-0.25, -0.2) is 4.98 Å². The third-order valence-corrected chi connectivity index (χ3v) is 5.89. The molecule has 0 N–H and O–H groups in total. The smallest absolute Gasteiger partial charge is 0.271 e. The molecule has 0 atom stereocenters. The molecule has 5 nitrogen and oxygen atoms in total. The van der Waals surface area contributed by atoms with Crippen LogP contribution in [0.1, 0.15) is 17.0 Å². The van der Waals surface area contributed by atoms with Gasteiger partial charge in [0, 0.05) is 38.2 Å². The molecule has 0 fully saturated rings. The predicted molar refractivity (Wildman–Crippen MR) is 101 cm³/mol. The monoisotopic (exact) mass is 355 g/mol. The molecular formula is C19H21N3O2S. The van der Waals surface area contributed by atoms with Crippen LogP contribution in [0.5, 0.6) is 5.75 Å². The van der Waals surface area contributed by atoms with E-state index in [1.807, 2.05) is 35.1 Å². The molecule has 0 saturated carbocycles. The first-order valence-electron chi connectivity index (χ1n) is 8.49. The zero-order chi connectivity index (χ0) is 17.4. The Morgan fingerprint density at radius 3 is 2.92 bits per heavy atom. The predicted octanol–water partition coefficient (Wildman–Crippen LogP) is 2.83. The molecule has 0 saturated heterocycles. The summed E-state index contributed by atoms with van der Waals surface area (Å²) >= 11 is 1.50. The van der Waals surface area contributed by atoms with Gasteiger partial charge in [0.05, 0.1) is 12.6 Å². The molecule has 3 aromatic rings. The summed E-state index contributed by atoms with van der Waals surface area (Å²) in [6.45, 7) is 5.25. The second-order valence-electron chi connectivity index (χ2n) is 6.42. The topological polar surface area (TPSA) is 47.4 Å². The maximum Gasteiger partial charge on any atom is 0.271 e. The van der Waals surface area contributed by atoms with Crippen molar-refractivity contribution >= 4 is 21.6 Å². The van der Waals surface area contributed by atoms with Gasteiger partial charge in [0.2, 0.25) is 0 Å². The van der Waals surface area contributed by atoms with Crippen LogP contribution in [0.25, 0.3) is 10.2 Å². The van der Waals surface area contributed by atoms with E-state index in [-0.39, 0.29) is 5.56 Å². The number of hydrogen-bond acceptors (Lipinski definition) is 5. The number of thiophene rings is 1. The number of nitrogens with zero attached hydrogens (tertiary/aromatic N) is 3. The lowest BCUT2D eigenvalue weighted by atomic mass is 10.2. The van der Waals surface area contributed by atoms with E-state index in [1.165, 1.54) is 16.9 Å². The van der Waals surface area contributed by atoms with Crippen LogP contribution < -0.4 is 10.3 Å². The van der Waals surface area contributed by atoms with Crippen LogP contribution in [0.2, 0.25) is 0 Å². The van der Waals surface area contributed by atoms with E-state index in [2.05, 4.69) is 11.0 Å². The van der Waals surface area contributed by atoms with E-state index in [4.69, 9.17) is 9.72 Å². The highest BCUT2D eigenvalue weighted by Crippen LogP contribution is 2.23. The first kappa shape index (κ1) is 16.3. The number of para-hydroxylation sites is 1. The Balaban J connectivity index is 1.61. The van der Waals surface area contributed by atoms with Gasteiger partial charge in [-0.1, -0.05) is 18.2 Å². The highest BCUT2D eigenvalue weighted by molar-refractivity contribution is 7.17. The average Bonchev–Trinajstić information content (AvgIpc) is 2.87. The Labute approximate surface area is 150 Å². The molecule has 1 aliphatic heterocycles. The third-order valence-electron chi connectivity index (χ3n) is 4.81. The van der Waals surface area contributed by atoms with Crippen molar-refractivity contribution < 1.29 is 4.74 Å². The summed E-state index contributed by atoms with van der Waals surface area (Å²) in [6, 6.07) is 8.11. The van der Waals surface area contributed by atoms with E-state index in [0.29, 0.717) is 6.54 Å². The molecule has 1 aromatic carbocycles. The zero-order valence-corrected chi connectivity index (χ0v) is 15.3. The van der Waals surface area contributed by atoms with Gasteiger partial charge in [-0.05, 0) is 23.9 Å². The van der Waals surface area contributed by atoms with Gasteiger partial charge in [0.15, 0.2) is 0 Å². The summed E-state index contributed by atoms with van der Waals surface area (Å²) in [5, 5.41) is 2.02. The van der Waals surface area contributed by atoms with Crippen LogP contribution in [-0.4, -0.2) is 34.7 Å². The maximum absolute atomic E-state index is 12.8. The van der Waals surface area contributed by atoms with Crippen LogP contribution in [0, 0.1) is 6.92 Å². The van der Waals surface area contributed by atoms with Crippen molar-refractivity contribution in [2.75, 3.05) is 20.2 Å². The molecule has 1 aliphatic rings. The minimum Gasteiger partial charge on any atom is -0.496 e. The number of aromatic nitrogens is 2. The highest BCUT2D eigenvalue weighted by atomic mass is 32.1. The fraction of sp³-hybridized carbons (Fsp3) is 0.368. The molecular weight excluding hydrogens is 334 g/mol. The van der Waals surface area contributed by atoms with Crippen LogP contribution in [0.15, 0.2) is 34.4 Å². The lowest BCUT2D eigenvalue weighted by molar-refractivity contribution is 0.266. The number of methoxy groups -OCH3 is 1. The summed E-state index contributed by atoms with van der Waals surface area (Å²) < 4.78 is 8.10. The van der Waals surface area contributed by atoms with Crippen LogP contribution >= 0.6 is 11.3 Å². The van der Waals surface area contributed by atoms with E-state index < -0.39 is 0 Å². The summed E-state index contributed by atoms with van der Waals surface area (Å²) in [4.78, 5) is 20.0. The summed E-state index contributed by atoms with van der Waals surface area (Å²) in [5.74, 6) is 1.82. The van der Waals surface area contributed by atoms with E-state index in [1.54, 1.807) is 7.11 Å². The minimum atomic E-state index is 0.109. The normalized spacial score (nSPS) is 15.1. The Bertz CT molecular complexity index is 976. The first-order valence-corrected chi connectivity index (χ1v) is 9.37. The number of rotatable bonds is 3. The summed E-state index contributed by atoms with van der Waals surface area (Å²) in [7, 11) is 1.70. The SMILES string of the molecule is COc1ccccc1CN1CCc2nc3c(C)csc3c(=O)n2CC1. The first-order chi connectivity index (χ1) is 12.2. The van der Waals surface area contributed by atoms with Crippen molar-refractivity contribution in [2.24, 2.45) is 0 Å². The Morgan fingerprint density at radius 2 is 2.08 bits per heavy atom. The molecule has 6 heteroatoms. The molecule has 2 aromatic heterocycles. The lowest BCUT2D eigenvalue weighted by Gasteiger charge is -2.20. The van der Waals surface area contributed by atoms with Crippen molar-refractivity contribution in [3.63, 3.8) is 0 Å². The molecule has 0 unspecified atom stereocenters.